The molecule has 1 aliphatic rings. The Kier molecular flexibility index (Phi) is 2.03. The molecule has 0 unspecified atom stereocenters. The number of nitrogens with zero attached hydrogens (tertiary/aromatic N) is 5. The summed E-state index contributed by atoms with van der Waals surface area (Å²) in [6.07, 6.45) is 2.00. The Labute approximate surface area is 93.3 Å². The fourth-order valence-corrected chi connectivity index (χ4v) is 2.10. The van der Waals surface area contributed by atoms with Crippen molar-refractivity contribution in [2.75, 3.05) is 6.54 Å². The monoisotopic (exact) mass is 218 g/mol. The molecule has 0 radical (unpaired) electrons. The number of hydrogen-bond donors (Lipinski definition) is 1. The SMILES string of the molecule is Cc1cn(C)nc1-c1nnc2n1CCNC2. The summed E-state index contributed by atoms with van der Waals surface area (Å²) in [5, 5.41) is 16.1. The standard InChI is InChI=1S/C10H14N6/c1-7-6-15(2)14-9(7)10-13-12-8-5-11-3-4-16(8)10/h6,11H,3-5H2,1-2H3. The van der Waals surface area contributed by atoms with Crippen molar-refractivity contribution in [1.29, 1.82) is 0 Å². The normalized spacial score (nSPS) is 15.1. The number of nitrogens with one attached hydrogen (secondary N) is 1. The maximum Gasteiger partial charge on any atom is 0.184 e. The Balaban J connectivity index is 2.13. The van der Waals surface area contributed by atoms with Gasteiger partial charge in [0.25, 0.3) is 0 Å². The Bertz CT molecular complexity index is 523. The van der Waals surface area contributed by atoms with Gasteiger partial charge in [-0.1, -0.05) is 0 Å². The third-order valence-electron chi connectivity index (χ3n) is 2.85. The van der Waals surface area contributed by atoms with E-state index < -0.39 is 0 Å². The highest BCUT2D eigenvalue weighted by atomic mass is 15.3. The van der Waals surface area contributed by atoms with Gasteiger partial charge in [0, 0.05) is 26.3 Å². The van der Waals surface area contributed by atoms with Gasteiger partial charge in [-0.2, -0.15) is 5.10 Å². The van der Waals surface area contributed by atoms with Crippen LogP contribution in [0.2, 0.25) is 0 Å². The minimum Gasteiger partial charge on any atom is -0.308 e. The predicted octanol–water partition coefficient (Wildman–Crippen LogP) is 0.0902. The lowest BCUT2D eigenvalue weighted by atomic mass is 10.2. The summed E-state index contributed by atoms with van der Waals surface area (Å²) in [6, 6.07) is 0. The zero-order valence-corrected chi connectivity index (χ0v) is 9.43. The third-order valence-corrected chi connectivity index (χ3v) is 2.85. The molecule has 3 heterocycles. The van der Waals surface area contributed by atoms with Gasteiger partial charge >= 0.3 is 0 Å². The molecule has 2 aromatic heterocycles. The number of aryl methyl sites for hydroxylation is 2. The maximum absolute atomic E-state index is 4.43. The van der Waals surface area contributed by atoms with E-state index in [2.05, 4.69) is 25.2 Å². The number of fused-ring (bicyclic) bond motifs is 1. The molecule has 6 nitrogen and oxygen atoms in total. The van der Waals surface area contributed by atoms with Gasteiger partial charge in [-0.25, -0.2) is 0 Å². The molecule has 0 fully saturated rings. The molecule has 2 aromatic rings. The molecule has 0 spiro atoms. The molecule has 0 amide bonds. The fourth-order valence-electron chi connectivity index (χ4n) is 2.10. The van der Waals surface area contributed by atoms with Gasteiger partial charge in [-0.3, -0.25) is 4.68 Å². The van der Waals surface area contributed by atoms with E-state index in [-0.39, 0.29) is 0 Å². The number of rotatable bonds is 1. The molecular formula is C10H14N6. The van der Waals surface area contributed by atoms with Crippen molar-refractivity contribution in [1.82, 2.24) is 29.9 Å². The van der Waals surface area contributed by atoms with Crippen LogP contribution in [0.25, 0.3) is 11.5 Å². The van der Waals surface area contributed by atoms with Crippen LogP contribution in [0.4, 0.5) is 0 Å². The zero-order chi connectivity index (χ0) is 11.1. The van der Waals surface area contributed by atoms with E-state index in [4.69, 9.17) is 0 Å². The molecule has 1 N–H and O–H groups in total. The molecule has 1 aliphatic heterocycles. The second-order valence-corrected chi connectivity index (χ2v) is 4.10. The molecule has 0 saturated heterocycles. The summed E-state index contributed by atoms with van der Waals surface area (Å²) < 4.78 is 3.96. The molecule has 84 valence electrons. The molecule has 6 heteroatoms. The molecule has 0 atom stereocenters. The fraction of sp³-hybridized carbons (Fsp3) is 0.500. The van der Waals surface area contributed by atoms with Crippen LogP contribution >= 0.6 is 0 Å². The van der Waals surface area contributed by atoms with E-state index in [1.807, 2.05) is 24.9 Å². The van der Waals surface area contributed by atoms with E-state index in [0.29, 0.717) is 0 Å². The highest BCUT2D eigenvalue weighted by Crippen LogP contribution is 2.20. The topological polar surface area (TPSA) is 60.6 Å². The summed E-state index contributed by atoms with van der Waals surface area (Å²) in [5.74, 6) is 1.88. The second kappa shape index (κ2) is 3.41. The Morgan fingerprint density at radius 3 is 3.00 bits per heavy atom. The summed E-state index contributed by atoms with van der Waals surface area (Å²) in [4.78, 5) is 0. The Morgan fingerprint density at radius 1 is 1.38 bits per heavy atom. The average Bonchev–Trinajstić information content (AvgIpc) is 2.81. The first-order chi connectivity index (χ1) is 7.75. The molecule has 0 bridgehead atoms. The van der Waals surface area contributed by atoms with Crippen molar-refractivity contribution in [3.8, 4) is 11.5 Å². The quantitative estimate of drug-likeness (QED) is 0.737. The van der Waals surface area contributed by atoms with E-state index in [9.17, 15) is 0 Å². The van der Waals surface area contributed by atoms with Crippen molar-refractivity contribution < 1.29 is 0 Å². The third kappa shape index (κ3) is 1.34. The van der Waals surface area contributed by atoms with E-state index in [0.717, 1.165) is 42.5 Å². The predicted molar refractivity (Wildman–Crippen MR) is 58.7 cm³/mol. The smallest absolute Gasteiger partial charge is 0.184 e. The first kappa shape index (κ1) is 9.53. The van der Waals surface area contributed by atoms with Crippen LogP contribution in [0.15, 0.2) is 6.20 Å². The lowest BCUT2D eigenvalue weighted by molar-refractivity contribution is 0.508. The van der Waals surface area contributed by atoms with Crippen molar-refractivity contribution >= 4 is 0 Å². The van der Waals surface area contributed by atoms with Gasteiger partial charge in [-0.05, 0) is 12.5 Å². The van der Waals surface area contributed by atoms with Gasteiger partial charge in [-0.15, -0.1) is 10.2 Å². The Hall–Kier alpha value is -1.69. The second-order valence-electron chi connectivity index (χ2n) is 4.10. The van der Waals surface area contributed by atoms with Gasteiger partial charge in [0.15, 0.2) is 5.82 Å². The first-order valence-corrected chi connectivity index (χ1v) is 5.39. The molecule has 0 saturated carbocycles. The van der Waals surface area contributed by atoms with Crippen LogP contribution in [0.5, 0.6) is 0 Å². The van der Waals surface area contributed by atoms with Gasteiger partial charge in [0.2, 0.25) is 0 Å². The maximum atomic E-state index is 4.43. The van der Waals surface area contributed by atoms with Crippen molar-refractivity contribution in [3.05, 3.63) is 17.6 Å². The molecule has 0 aliphatic carbocycles. The lowest BCUT2D eigenvalue weighted by Crippen LogP contribution is -2.28. The van der Waals surface area contributed by atoms with Crippen LogP contribution in [-0.2, 0) is 20.1 Å². The highest BCUT2D eigenvalue weighted by Gasteiger charge is 2.19. The van der Waals surface area contributed by atoms with E-state index in [1.165, 1.54) is 0 Å². The summed E-state index contributed by atoms with van der Waals surface area (Å²) in [5.41, 5.74) is 2.07. The van der Waals surface area contributed by atoms with Crippen LogP contribution in [0.1, 0.15) is 11.4 Å². The van der Waals surface area contributed by atoms with Crippen molar-refractivity contribution in [2.24, 2.45) is 7.05 Å². The lowest BCUT2D eigenvalue weighted by Gasteiger charge is -2.15. The van der Waals surface area contributed by atoms with Crippen LogP contribution in [0, 0.1) is 6.92 Å². The molecule has 3 rings (SSSR count). The van der Waals surface area contributed by atoms with E-state index >= 15 is 0 Å². The van der Waals surface area contributed by atoms with Gasteiger partial charge in [0.1, 0.15) is 11.5 Å². The average molecular weight is 218 g/mol. The number of hydrogen-bond acceptors (Lipinski definition) is 4. The Morgan fingerprint density at radius 2 is 2.25 bits per heavy atom. The minimum atomic E-state index is 0.791. The summed E-state index contributed by atoms with van der Waals surface area (Å²) in [6.45, 7) is 4.71. The largest absolute Gasteiger partial charge is 0.308 e. The zero-order valence-electron chi connectivity index (χ0n) is 9.43. The van der Waals surface area contributed by atoms with Crippen LogP contribution in [0.3, 0.4) is 0 Å². The van der Waals surface area contributed by atoms with Gasteiger partial charge in [0.05, 0.1) is 6.54 Å². The summed E-state index contributed by atoms with van der Waals surface area (Å²) in [7, 11) is 1.92. The van der Waals surface area contributed by atoms with E-state index in [1.54, 1.807) is 0 Å². The van der Waals surface area contributed by atoms with Gasteiger partial charge < -0.3 is 9.88 Å². The van der Waals surface area contributed by atoms with Crippen molar-refractivity contribution in [3.63, 3.8) is 0 Å². The van der Waals surface area contributed by atoms with Crippen molar-refractivity contribution in [2.45, 2.75) is 20.0 Å². The first-order valence-electron chi connectivity index (χ1n) is 5.39. The number of aromatic nitrogens is 5. The molecule has 16 heavy (non-hydrogen) atoms. The molecular weight excluding hydrogens is 204 g/mol. The molecule has 0 aromatic carbocycles. The van der Waals surface area contributed by atoms with Crippen LogP contribution < -0.4 is 5.32 Å². The van der Waals surface area contributed by atoms with Crippen LogP contribution in [-0.4, -0.2) is 31.1 Å². The minimum absolute atomic E-state index is 0.791. The summed E-state index contributed by atoms with van der Waals surface area (Å²) >= 11 is 0. The highest BCUT2D eigenvalue weighted by molar-refractivity contribution is 5.54.